The van der Waals surface area contributed by atoms with Gasteiger partial charge in [0.2, 0.25) is 0 Å². The first-order valence-electron chi connectivity index (χ1n) is 6.11. The molecule has 2 saturated heterocycles. The summed E-state index contributed by atoms with van der Waals surface area (Å²) in [5, 5.41) is 7.59. The lowest BCUT2D eigenvalue weighted by molar-refractivity contribution is 0.126. The van der Waals surface area contributed by atoms with E-state index in [0.29, 0.717) is 11.5 Å². The number of hydrogen-bond acceptors (Lipinski definition) is 4. The van der Waals surface area contributed by atoms with Crippen LogP contribution in [0.4, 0.5) is 0 Å². The van der Waals surface area contributed by atoms with E-state index in [4.69, 9.17) is 11.1 Å². The fourth-order valence-corrected chi connectivity index (χ4v) is 4.48. The fraction of sp³-hybridized carbons (Fsp3) is 0.909. The average molecular weight is 259 g/mol. The molecule has 6 heteroatoms. The van der Waals surface area contributed by atoms with E-state index < -0.39 is 9.84 Å². The quantitative estimate of drug-likeness (QED) is 0.548. The van der Waals surface area contributed by atoms with Crippen molar-refractivity contribution in [3.05, 3.63) is 0 Å². The average Bonchev–Trinajstić information content (AvgIpc) is 2.60. The zero-order valence-electron chi connectivity index (χ0n) is 10.3. The standard InChI is InChI=1S/C11H21N3O2S/c1-11(10(12)13)3-5-14(6-4-11)9-2-7-17(15,16)8-9/h9H,2-8H2,1H3,(H3,12,13). The maximum Gasteiger partial charge on any atom is 0.151 e. The SMILES string of the molecule is CC1(C(=N)N)CCN(C2CCS(=O)(=O)C2)CC1. The molecule has 2 heterocycles. The molecule has 98 valence electrons. The molecule has 5 nitrogen and oxygen atoms in total. The third-order valence-electron chi connectivity index (χ3n) is 4.28. The van der Waals surface area contributed by atoms with Gasteiger partial charge in [0.05, 0.1) is 17.3 Å². The zero-order chi connectivity index (χ0) is 12.7. The fourth-order valence-electron chi connectivity index (χ4n) is 2.72. The van der Waals surface area contributed by atoms with Crippen molar-refractivity contribution >= 4 is 15.7 Å². The second kappa shape index (κ2) is 4.24. The van der Waals surface area contributed by atoms with E-state index in [-0.39, 0.29) is 17.3 Å². The summed E-state index contributed by atoms with van der Waals surface area (Å²) >= 11 is 0. The van der Waals surface area contributed by atoms with E-state index in [1.807, 2.05) is 6.92 Å². The lowest BCUT2D eigenvalue weighted by Crippen LogP contribution is -2.48. The van der Waals surface area contributed by atoms with Gasteiger partial charge in [-0.15, -0.1) is 0 Å². The predicted molar refractivity (Wildman–Crippen MR) is 67.9 cm³/mol. The monoisotopic (exact) mass is 259 g/mol. The van der Waals surface area contributed by atoms with E-state index >= 15 is 0 Å². The zero-order valence-corrected chi connectivity index (χ0v) is 11.1. The van der Waals surface area contributed by atoms with Crippen molar-refractivity contribution < 1.29 is 8.42 Å². The van der Waals surface area contributed by atoms with E-state index in [2.05, 4.69) is 4.90 Å². The summed E-state index contributed by atoms with van der Waals surface area (Å²) < 4.78 is 22.9. The smallest absolute Gasteiger partial charge is 0.151 e. The highest BCUT2D eigenvalue weighted by Gasteiger charge is 2.38. The largest absolute Gasteiger partial charge is 0.387 e. The maximum atomic E-state index is 11.4. The molecule has 0 aromatic heterocycles. The molecule has 0 spiro atoms. The summed E-state index contributed by atoms with van der Waals surface area (Å²) in [7, 11) is -2.80. The van der Waals surface area contributed by atoms with Crippen molar-refractivity contribution in [2.75, 3.05) is 24.6 Å². The summed E-state index contributed by atoms with van der Waals surface area (Å²) in [4.78, 5) is 2.26. The van der Waals surface area contributed by atoms with Crippen molar-refractivity contribution in [2.45, 2.75) is 32.2 Å². The van der Waals surface area contributed by atoms with Gasteiger partial charge in [-0.3, -0.25) is 10.3 Å². The summed E-state index contributed by atoms with van der Waals surface area (Å²) in [6.07, 6.45) is 2.48. The van der Waals surface area contributed by atoms with Crippen molar-refractivity contribution in [1.29, 1.82) is 5.41 Å². The third-order valence-corrected chi connectivity index (χ3v) is 6.03. The second-order valence-corrected chi connectivity index (χ2v) is 7.80. The van der Waals surface area contributed by atoms with Gasteiger partial charge in [0.25, 0.3) is 0 Å². The van der Waals surface area contributed by atoms with Gasteiger partial charge < -0.3 is 5.73 Å². The molecule has 2 rings (SSSR count). The topological polar surface area (TPSA) is 87.2 Å². The minimum absolute atomic E-state index is 0.187. The van der Waals surface area contributed by atoms with Crippen LogP contribution in [-0.2, 0) is 9.84 Å². The first-order chi connectivity index (χ1) is 7.82. The number of hydrogen-bond donors (Lipinski definition) is 2. The van der Waals surface area contributed by atoms with Crippen LogP contribution in [0.15, 0.2) is 0 Å². The lowest BCUT2D eigenvalue weighted by Gasteiger charge is -2.40. The molecule has 17 heavy (non-hydrogen) atoms. The lowest BCUT2D eigenvalue weighted by atomic mass is 9.79. The van der Waals surface area contributed by atoms with Crippen molar-refractivity contribution in [2.24, 2.45) is 11.1 Å². The Balaban J connectivity index is 1.94. The van der Waals surface area contributed by atoms with Crippen LogP contribution in [0.25, 0.3) is 0 Å². The van der Waals surface area contributed by atoms with E-state index in [0.717, 1.165) is 32.4 Å². The van der Waals surface area contributed by atoms with E-state index in [1.54, 1.807) is 0 Å². The van der Waals surface area contributed by atoms with Crippen LogP contribution in [0.2, 0.25) is 0 Å². The number of amidine groups is 1. The molecule has 0 aromatic carbocycles. The molecule has 2 fully saturated rings. The molecular formula is C11H21N3O2S. The summed E-state index contributed by atoms with van der Waals surface area (Å²) in [6, 6.07) is 0.191. The highest BCUT2D eigenvalue weighted by molar-refractivity contribution is 7.91. The molecular weight excluding hydrogens is 238 g/mol. The first kappa shape index (κ1) is 12.8. The number of nitrogens with one attached hydrogen (secondary N) is 1. The Labute approximate surface area is 103 Å². The number of nitrogens with zero attached hydrogens (tertiary/aromatic N) is 1. The van der Waals surface area contributed by atoms with Crippen molar-refractivity contribution in [3.63, 3.8) is 0 Å². The van der Waals surface area contributed by atoms with Gasteiger partial charge >= 0.3 is 0 Å². The van der Waals surface area contributed by atoms with Crippen molar-refractivity contribution in [3.8, 4) is 0 Å². The summed E-state index contributed by atoms with van der Waals surface area (Å²) in [5.41, 5.74) is 5.43. The Hall–Kier alpha value is -0.620. The molecule has 2 aliphatic heterocycles. The number of piperidine rings is 1. The summed E-state index contributed by atoms with van der Waals surface area (Å²) in [5.74, 6) is 0.901. The van der Waals surface area contributed by atoms with Crippen LogP contribution in [-0.4, -0.2) is 49.8 Å². The second-order valence-electron chi connectivity index (χ2n) is 5.57. The predicted octanol–water partition coefficient (Wildman–Crippen LogP) is 0.212. The molecule has 0 aromatic rings. The van der Waals surface area contributed by atoms with Crippen LogP contribution in [0.3, 0.4) is 0 Å². The molecule has 1 atom stereocenters. The number of nitrogens with two attached hydrogens (primary N) is 1. The number of likely N-dealkylation sites (tertiary alicyclic amines) is 1. The Bertz CT molecular complexity index is 410. The summed E-state index contributed by atoms with van der Waals surface area (Å²) in [6.45, 7) is 3.74. The Kier molecular flexibility index (Phi) is 3.20. The molecule has 2 aliphatic rings. The van der Waals surface area contributed by atoms with Gasteiger partial charge in [0.1, 0.15) is 0 Å². The van der Waals surface area contributed by atoms with Gasteiger partial charge in [-0.05, 0) is 32.4 Å². The van der Waals surface area contributed by atoms with Crippen LogP contribution in [0.5, 0.6) is 0 Å². The van der Waals surface area contributed by atoms with E-state index in [1.165, 1.54) is 0 Å². The molecule has 3 N–H and O–H groups in total. The molecule has 0 aliphatic carbocycles. The molecule has 0 bridgehead atoms. The molecule has 1 unspecified atom stereocenters. The van der Waals surface area contributed by atoms with Crippen LogP contribution in [0.1, 0.15) is 26.2 Å². The normalized spacial score (nSPS) is 32.4. The number of rotatable bonds is 2. The Morgan fingerprint density at radius 3 is 2.41 bits per heavy atom. The van der Waals surface area contributed by atoms with E-state index in [9.17, 15) is 8.42 Å². The Morgan fingerprint density at radius 2 is 2.00 bits per heavy atom. The van der Waals surface area contributed by atoms with Gasteiger partial charge in [0, 0.05) is 11.5 Å². The van der Waals surface area contributed by atoms with Gasteiger partial charge in [0.15, 0.2) is 9.84 Å². The highest BCUT2D eigenvalue weighted by atomic mass is 32.2. The number of sulfone groups is 1. The van der Waals surface area contributed by atoms with Crippen LogP contribution in [0, 0.1) is 10.8 Å². The third kappa shape index (κ3) is 2.63. The van der Waals surface area contributed by atoms with Gasteiger partial charge in [-0.25, -0.2) is 8.42 Å². The molecule has 0 saturated carbocycles. The van der Waals surface area contributed by atoms with Crippen molar-refractivity contribution in [1.82, 2.24) is 4.90 Å². The molecule has 0 amide bonds. The Morgan fingerprint density at radius 1 is 1.41 bits per heavy atom. The maximum absolute atomic E-state index is 11.4. The van der Waals surface area contributed by atoms with Crippen LogP contribution >= 0.6 is 0 Å². The van der Waals surface area contributed by atoms with Crippen LogP contribution < -0.4 is 5.73 Å². The molecule has 0 radical (unpaired) electrons. The minimum Gasteiger partial charge on any atom is -0.387 e. The first-order valence-corrected chi connectivity index (χ1v) is 7.93. The van der Waals surface area contributed by atoms with Gasteiger partial charge in [-0.1, -0.05) is 6.92 Å². The highest BCUT2D eigenvalue weighted by Crippen LogP contribution is 2.32. The van der Waals surface area contributed by atoms with Gasteiger partial charge in [-0.2, -0.15) is 0 Å². The minimum atomic E-state index is -2.80.